The standard InChI is InChI=1S/C20H19ClN6S/c1-14(2)27-24-19(23-25-27)18-12-22-26(17-10-8-16(21)9-11-17)20(18)28-13-15-6-4-3-5-7-15/h3-12,14H,13H2,1-2H3. The molecule has 0 atom stereocenters. The number of benzene rings is 2. The van der Waals surface area contributed by atoms with Gasteiger partial charge in [0.1, 0.15) is 5.03 Å². The maximum atomic E-state index is 6.05. The van der Waals surface area contributed by atoms with E-state index < -0.39 is 0 Å². The van der Waals surface area contributed by atoms with Gasteiger partial charge in [-0.1, -0.05) is 41.9 Å². The van der Waals surface area contributed by atoms with Crippen molar-refractivity contribution in [3.8, 4) is 17.1 Å². The highest BCUT2D eigenvalue weighted by molar-refractivity contribution is 7.98. The van der Waals surface area contributed by atoms with Gasteiger partial charge in [-0.15, -0.1) is 22.0 Å². The fourth-order valence-corrected chi connectivity index (χ4v) is 3.87. The highest BCUT2D eigenvalue weighted by atomic mass is 35.5. The summed E-state index contributed by atoms with van der Waals surface area (Å²) in [6.45, 7) is 4.04. The van der Waals surface area contributed by atoms with Crippen molar-refractivity contribution in [3.63, 3.8) is 0 Å². The lowest BCUT2D eigenvalue weighted by Crippen LogP contribution is -2.04. The van der Waals surface area contributed by atoms with Gasteiger partial charge in [0.2, 0.25) is 5.82 Å². The minimum Gasteiger partial charge on any atom is -0.226 e. The average Bonchev–Trinajstić information content (AvgIpc) is 3.35. The molecule has 0 saturated carbocycles. The van der Waals surface area contributed by atoms with Gasteiger partial charge in [-0.25, -0.2) is 4.68 Å². The summed E-state index contributed by atoms with van der Waals surface area (Å²) in [5.74, 6) is 1.38. The molecule has 8 heteroatoms. The lowest BCUT2D eigenvalue weighted by atomic mass is 10.2. The quantitative estimate of drug-likeness (QED) is 0.416. The van der Waals surface area contributed by atoms with Crippen molar-refractivity contribution < 1.29 is 0 Å². The second kappa shape index (κ2) is 8.16. The highest BCUT2D eigenvalue weighted by Gasteiger charge is 2.19. The van der Waals surface area contributed by atoms with Crippen LogP contribution in [-0.2, 0) is 5.75 Å². The predicted octanol–water partition coefficient (Wildman–Crippen LogP) is 5.05. The van der Waals surface area contributed by atoms with Crippen LogP contribution in [0.3, 0.4) is 0 Å². The normalized spacial score (nSPS) is 11.3. The third kappa shape index (κ3) is 3.95. The van der Waals surface area contributed by atoms with E-state index in [1.165, 1.54) is 5.56 Å². The molecule has 0 aliphatic rings. The number of hydrogen-bond acceptors (Lipinski definition) is 5. The van der Waals surface area contributed by atoms with Gasteiger partial charge < -0.3 is 0 Å². The van der Waals surface area contributed by atoms with Crippen molar-refractivity contribution >= 4 is 23.4 Å². The molecule has 0 unspecified atom stereocenters. The van der Waals surface area contributed by atoms with Crippen LogP contribution in [0.2, 0.25) is 5.02 Å². The van der Waals surface area contributed by atoms with Crippen molar-refractivity contribution in [2.45, 2.75) is 30.7 Å². The zero-order chi connectivity index (χ0) is 19.5. The van der Waals surface area contributed by atoms with Crippen LogP contribution in [-0.4, -0.2) is 30.0 Å². The molecule has 28 heavy (non-hydrogen) atoms. The molecule has 0 radical (unpaired) electrons. The highest BCUT2D eigenvalue weighted by Crippen LogP contribution is 2.33. The Morgan fingerprint density at radius 1 is 1.04 bits per heavy atom. The summed E-state index contributed by atoms with van der Waals surface area (Å²) in [5.41, 5.74) is 3.03. The number of halogens is 1. The number of thioether (sulfide) groups is 1. The van der Waals surface area contributed by atoms with E-state index in [1.807, 2.05) is 61.0 Å². The Morgan fingerprint density at radius 3 is 2.46 bits per heavy atom. The number of nitrogens with zero attached hydrogens (tertiary/aromatic N) is 6. The van der Waals surface area contributed by atoms with Crippen LogP contribution in [0.4, 0.5) is 0 Å². The van der Waals surface area contributed by atoms with E-state index in [9.17, 15) is 0 Å². The van der Waals surface area contributed by atoms with Gasteiger partial charge in [0.15, 0.2) is 0 Å². The summed E-state index contributed by atoms with van der Waals surface area (Å²) in [6.07, 6.45) is 1.80. The smallest absolute Gasteiger partial charge is 0.209 e. The molecule has 4 aromatic rings. The van der Waals surface area contributed by atoms with Crippen LogP contribution < -0.4 is 0 Å². The van der Waals surface area contributed by atoms with E-state index in [0.717, 1.165) is 22.0 Å². The molecular weight excluding hydrogens is 392 g/mol. The summed E-state index contributed by atoms with van der Waals surface area (Å²) in [6, 6.07) is 18.1. The van der Waals surface area contributed by atoms with Gasteiger partial charge in [-0.3, -0.25) is 0 Å². The SMILES string of the molecule is CC(C)n1nnc(-c2cnn(-c3ccc(Cl)cc3)c2SCc2ccccc2)n1. The van der Waals surface area contributed by atoms with Crippen LogP contribution in [0, 0.1) is 0 Å². The lowest BCUT2D eigenvalue weighted by Gasteiger charge is -2.09. The van der Waals surface area contributed by atoms with E-state index in [2.05, 4.69) is 32.6 Å². The van der Waals surface area contributed by atoms with Gasteiger partial charge in [-0.2, -0.15) is 9.90 Å². The molecule has 0 spiro atoms. The Kier molecular flexibility index (Phi) is 5.45. The van der Waals surface area contributed by atoms with Crippen molar-refractivity contribution in [1.82, 2.24) is 30.0 Å². The molecule has 0 N–H and O–H groups in total. The molecule has 0 aliphatic heterocycles. The number of aromatic nitrogens is 6. The minimum absolute atomic E-state index is 0.146. The first-order chi connectivity index (χ1) is 13.6. The molecular formula is C20H19ClN6S. The van der Waals surface area contributed by atoms with Gasteiger partial charge in [0.05, 0.1) is 23.5 Å². The Hall–Kier alpha value is -2.64. The average molecular weight is 411 g/mol. The van der Waals surface area contributed by atoms with Crippen LogP contribution in [0.1, 0.15) is 25.5 Å². The van der Waals surface area contributed by atoms with Gasteiger partial charge in [-0.05, 0) is 48.9 Å². The molecule has 0 aliphatic carbocycles. The molecule has 0 saturated heterocycles. The van der Waals surface area contributed by atoms with Crippen molar-refractivity contribution in [2.24, 2.45) is 0 Å². The van der Waals surface area contributed by atoms with Crippen molar-refractivity contribution in [3.05, 3.63) is 71.4 Å². The van der Waals surface area contributed by atoms with E-state index in [4.69, 9.17) is 11.6 Å². The first-order valence-electron chi connectivity index (χ1n) is 8.92. The lowest BCUT2D eigenvalue weighted by molar-refractivity contribution is 0.455. The van der Waals surface area contributed by atoms with E-state index in [-0.39, 0.29) is 6.04 Å². The maximum Gasteiger partial charge on any atom is 0.209 e. The van der Waals surface area contributed by atoms with Crippen LogP contribution >= 0.6 is 23.4 Å². The van der Waals surface area contributed by atoms with E-state index in [1.54, 1.807) is 22.8 Å². The largest absolute Gasteiger partial charge is 0.226 e. The molecule has 6 nitrogen and oxygen atoms in total. The molecule has 2 aromatic heterocycles. The molecule has 0 amide bonds. The van der Waals surface area contributed by atoms with Gasteiger partial charge >= 0.3 is 0 Å². The summed E-state index contributed by atoms with van der Waals surface area (Å²) >= 11 is 7.74. The Balaban J connectivity index is 1.73. The topological polar surface area (TPSA) is 61.4 Å². The second-order valence-corrected chi connectivity index (χ2v) is 7.95. The van der Waals surface area contributed by atoms with Gasteiger partial charge in [0, 0.05) is 10.8 Å². The Morgan fingerprint density at radius 2 is 1.79 bits per heavy atom. The van der Waals surface area contributed by atoms with Crippen molar-refractivity contribution in [1.29, 1.82) is 0 Å². The monoisotopic (exact) mass is 410 g/mol. The third-order valence-corrected chi connectivity index (χ3v) is 5.54. The first kappa shape index (κ1) is 18.7. The summed E-state index contributed by atoms with van der Waals surface area (Å²) in [7, 11) is 0. The fourth-order valence-electron chi connectivity index (χ4n) is 2.67. The first-order valence-corrected chi connectivity index (χ1v) is 10.3. The zero-order valence-corrected chi connectivity index (χ0v) is 17.1. The molecule has 2 aromatic carbocycles. The number of tetrazole rings is 1. The number of hydrogen-bond donors (Lipinski definition) is 0. The molecule has 2 heterocycles. The summed E-state index contributed by atoms with van der Waals surface area (Å²) in [5, 5.41) is 19.2. The molecule has 142 valence electrons. The van der Waals surface area contributed by atoms with E-state index >= 15 is 0 Å². The van der Waals surface area contributed by atoms with Crippen LogP contribution in [0.25, 0.3) is 17.1 Å². The minimum atomic E-state index is 0.146. The zero-order valence-electron chi connectivity index (χ0n) is 15.5. The molecule has 4 rings (SSSR count). The Bertz CT molecular complexity index is 1060. The van der Waals surface area contributed by atoms with Crippen LogP contribution in [0.5, 0.6) is 0 Å². The third-order valence-electron chi connectivity index (χ3n) is 4.15. The second-order valence-electron chi connectivity index (χ2n) is 6.55. The summed E-state index contributed by atoms with van der Waals surface area (Å²) < 4.78 is 1.90. The van der Waals surface area contributed by atoms with Gasteiger partial charge in [0.25, 0.3) is 0 Å². The molecule has 0 bridgehead atoms. The maximum absolute atomic E-state index is 6.05. The van der Waals surface area contributed by atoms with Crippen LogP contribution in [0.15, 0.2) is 65.8 Å². The fraction of sp³-hybridized carbons (Fsp3) is 0.200. The van der Waals surface area contributed by atoms with E-state index in [0.29, 0.717) is 10.8 Å². The predicted molar refractivity (Wildman–Crippen MR) is 112 cm³/mol. The molecule has 0 fully saturated rings. The van der Waals surface area contributed by atoms with Crippen molar-refractivity contribution in [2.75, 3.05) is 0 Å². The summed E-state index contributed by atoms with van der Waals surface area (Å²) in [4.78, 5) is 1.61. The Labute approximate surface area is 172 Å². The number of rotatable bonds is 6.